The van der Waals surface area contributed by atoms with Gasteiger partial charge in [-0.2, -0.15) is 0 Å². The summed E-state index contributed by atoms with van der Waals surface area (Å²) in [6, 6.07) is 48.4. The number of halogens is 2. The van der Waals surface area contributed by atoms with Crippen LogP contribution in [-0.2, 0) is 94.7 Å². The van der Waals surface area contributed by atoms with Crippen molar-refractivity contribution in [1.82, 2.24) is 51.1 Å². The predicted molar refractivity (Wildman–Crippen MR) is 411 cm³/mol. The monoisotopic (exact) mass is 1480 g/mol. The van der Waals surface area contributed by atoms with Crippen molar-refractivity contribution in [2.24, 2.45) is 11.8 Å². The summed E-state index contributed by atoms with van der Waals surface area (Å²) in [5.41, 5.74) is 6.35. The molecular weight excluding hydrogens is 1380 g/mol. The number of piperazine rings is 2. The van der Waals surface area contributed by atoms with E-state index in [1.807, 2.05) is 127 Å². The molecule has 14 rings (SSSR count). The largest absolute Gasteiger partial charge is 0.444 e. The number of benzene rings is 8. The first-order valence-electron chi connectivity index (χ1n) is 38.1. The van der Waals surface area contributed by atoms with Crippen LogP contribution in [0, 0.1) is 23.5 Å². The molecule has 2 aliphatic carbocycles. The minimum atomic E-state index is -1.15. The molecule has 4 fully saturated rings. The summed E-state index contributed by atoms with van der Waals surface area (Å²) in [7, 11) is 3.13. The molecule has 0 radical (unpaired) electrons. The van der Waals surface area contributed by atoms with Crippen LogP contribution in [-0.4, -0.2) is 172 Å². The average Bonchev–Trinajstić information content (AvgIpc) is 1.71. The predicted octanol–water partition coefficient (Wildman–Crippen LogP) is 9.48. The normalized spacial score (nSPS) is 19.6. The van der Waals surface area contributed by atoms with Crippen LogP contribution in [0.15, 0.2) is 182 Å². The molecule has 4 aliphatic heterocycles. The number of amides is 9. The van der Waals surface area contributed by atoms with Gasteiger partial charge in [0.25, 0.3) is 0 Å². The molecule has 568 valence electrons. The molecule has 0 bridgehead atoms. The van der Waals surface area contributed by atoms with Crippen molar-refractivity contribution in [2.75, 3.05) is 40.3 Å². The van der Waals surface area contributed by atoms with Crippen LogP contribution in [0.5, 0.6) is 0 Å². The van der Waals surface area contributed by atoms with Crippen LogP contribution in [0.3, 0.4) is 0 Å². The van der Waals surface area contributed by atoms with E-state index in [0.717, 1.165) is 80.6 Å². The Kier molecular flexibility index (Phi) is 23.6. The van der Waals surface area contributed by atoms with Crippen molar-refractivity contribution >= 4 is 74.9 Å². The van der Waals surface area contributed by atoms with Crippen molar-refractivity contribution < 1.29 is 56.7 Å². The number of likely N-dealkylation sites (N-methyl/N-ethyl adjacent to an activating group) is 2. The number of carbonyl (C=O) groups is 9. The van der Waals surface area contributed by atoms with Gasteiger partial charge in [-0.05, 0) is 142 Å². The standard InChI is InChI=1S/C46H52FN5O6.C41H44FN5O4/c1-46(2,3)58-45(57)52-28-35-12-8-7-11-34(35)27-39(52)42(54)49-37(24-29-16-19-36(47)20-17-29)43(55)51-22-21-50(44(56)40(51)25-30-13-14-30)38(41(53)48-4)26-31-15-18-32-9-5-6-10-33(32)23-31;1-43-39(49)36(23-28-12-15-29-6-2-3-7-30(29)20-28)46-18-19-47(37(41(46)51)22-27-10-11-27)40(50)35(21-26-13-16-33(42)17-14-26)45-38(48)34-24-31-8-4-5-9-32(31)25-44-34/h5-12,15-20,23,30,37-40H,13-14,21-22,24-28H2,1-4H3,(H,48,53)(H,49,54);2-9,12-17,20,27,34-37,44H,10-11,18-19,21-25H2,1H3,(H,43,49)(H,45,48)/t37-,38+,39?,40+;34?,35-,36+,37+/m11/s1. The third-order valence-corrected chi connectivity index (χ3v) is 22.0. The molecule has 8 aromatic carbocycles. The summed E-state index contributed by atoms with van der Waals surface area (Å²) in [4.78, 5) is 135. The second-order valence-corrected chi connectivity index (χ2v) is 30.8. The summed E-state index contributed by atoms with van der Waals surface area (Å²) in [6.45, 7) is 6.61. The van der Waals surface area contributed by atoms with E-state index < -0.39 is 83.5 Å². The number of ether oxygens (including phenoxy) is 1. The molecule has 2 unspecified atom stereocenters. The number of hydrogen-bond donors (Lipinski definition) is 5. The van der Waals surface area contributed by atoms with E-state index in [0.29, 0.717) is 55.7 Å². The Morgan fingerprint density at radius 3 is 1.34 bits per heavy atom. The van der Waals surface area contributed by atoms with Crippen LogP contribution in [0.1, 0.15) is 104 Å². The first-order valence-corrected chi connectivity index (χ1v) is 38.1. The minimum Gasteiger partial charge on any atom is -0.444 e. The van der Waals surface area contributed by atoms with Gasteiger partial charge in [0, 0.05) is 78.9 Å². The fourth-order valence-electron chi connectivity index (χ4n) is 15.7. The van der Waals surface area contributed by atoms with Gasteiger partial charge in [-0.3, -0.25) is 43.3 Å². The van der Waals surface area contributed by atoms with E-state index >= 15 is 0 Å². The van der Waals surface area contributed by atoms with E-state index in [1.54, 1.807) is 78.7 Å². The van der Waals surface area contributed by atoms with Crippen LogP contribution in [0.2, 0.25) is 0 Å². The first kappa shape index (κ1) is 76.3. The molecule has 5 N–H and O–H groups in total. The van der Waals surface area contributed by atoms with Gasteiger partial charge in [0.15, 0.2) is 0 Å². The maximum Gasteiger partial charge on any atom is 0.411 e. The molecule has 0 aromatic heterocycles. The van der Waals surface area contributed by atoms with E-state index in [-0.39, 0.29) is 93.3 Å². The summed E-state index contributed by atoms with van der Waals surface area (Å²) in [5.74, 6) is -3.05. The number of fused-ring (bicyclic) bond motifs is 4. The van der Waals surface area contributed by atoms with Gasteiger partial charge in [0.05, 0.1) is 12.6 Å². The summed E-state index contributed by atoms with van der Waals surface area (Å²) in [6.07, 6.45) is 5.58. The molecule has 2 saturated heterocycles. The number of rotatable bonds is 22. The molecule has 6 aliphatic rings. The van der Waals surface area contributed by atoms with Crippen molar-refractivity contribution in [3.63, 3.8) is 0 Å². The lowest BCUT2D eigenvalue weighted by molar-refractivity contribution is -0.157. The topological polar surface area (TPSA) is 239 Å². The van der Waals surface area contributed by atoms with E-state index in [1.165, 1.54) is 29.2 Å². The lowest BCUT2D eigenvalue weighted by Crippen LogP contribution is -2.66. The Morgan fingerprint density at radius 1 is 0.477 bits per heavy atom. The van der Waals surface area contributed by atoms with Gasteiger partial charge in [-0.15, -0.1) is 0 Å². The smallest absolute Gasteiger partial charge is 0.411 e. The fourth-order valence-corrected chi connectivity index (χ4v) is 15.7. The summed E-state index contributed by atoms with van der Waals surface area (Å²) in [5, 5.41) is 19.1. The van der Waals surface area contributed by atoms with Crippen LogP contribution < -0.4 is 26.6 Å². The van der Waals surface area contributed by atoms with E-state index in [4.69, 9.17) is 4.74 Å². The van der Waals surface area contributed by atoms with Crippen LogP contribution >= 0.6 is 0 Å². The van der Waals surface area contributed by atoms with Gasteiger partial charge >= 0.3 is 6.09 Å². The Labute approximate surface area is 634 Å². The van der Waals surface area contributed by atoms with Gasteiger partial charge in [-0.1, -0.05) is 183 Å². The molecular formula is C87H96F2N10O10. The van der Waals surface area contributed by atoms with Gasteiger partial charge in [0.1, 0.15) is 59.5 Å². The van der Waals surface area contributed by atoms with Crippen LogP contribution in [0.4, 0.5) is 13.6 Å². The zero-order chi connectivity index (χ0) is 76.6. The van der Waals surface area contributed by atoms with E-state index in [2.05, 4.69) is 32.7 Å². The lowest BCUT2D eigenvalue weighted by atomic mass is 9.93. The molecule has 9 amide bonds. The third kappa shape index (κ3) is 18.6. The van der Waals surface area contributed by atoms with Crippen molar-refractivity contribution in [3.05, 3.63) is 238 Å². The van der Waals surface area contributed by atoms with Gasteiger partial charge in [-0.25, -0.2) is 13.6 Å². The average molecular weight is 1480 g/mol. The molecule has 109 heavy (non-hydrogen) atoms. The third-order valence-electron chi connectivity index (χ3n) is 22.0. The molecule has 22 heteroatoms. The molecule has 2 saturated carbocycles. The van der Waals surface area contributed by atoms with Crippen molar-refractivity contribution in [1.29, 1.82) is 0 Å². The van der Waals surface area contributed by atoms with Crippen LogP contribution in [0.25, 0.3) is 21.5 Å². The number of carbonyl (C=O) groups excluding carboxylic acids is 9. The first-order chi connectivity index (χ1) is 52.5. The zero-order valence-electron chi connectivity index (χ0n) is 62.4. The SMILES string of the molecule is CNC(=O)[C@H](Cc1ccc2ccccc2c1)N1CCN(C(=O)[C@@H](Cc2ccc(F)cc2)NC(=O)C2Cc3ccccc3CN2)[C@@H](CC2CC2)C1=O.CNC(=O)[C@H](Cc1ccc2ccccc2c1)N1CCN(C(=O)[C@@H](Cc2ccc(F)cc2)NC(=O)C2Cc3ccccc3CN2C(=O)OC(C)(C)C)[C@@H](CC2CC2)C1=O. The second-order valence-electron chi connectivity index (χ2n) is 30.8. The molecule has 8 aromatic rings. The molecule has 0 spiro atoms. The minimum absolute atomic E-state index is 0.0218. The highest BCUT2D eigenvalue weighted by Gasteiger charge is 2.49. The lowest BCUT2D eigenvalue weighted by Gasteiger charge is -2.44. The Hall–Kier alpha value is -10.9. The number of nitrogens with one attached hydrogen (secondary N) is 5. The van der Waals surface area contributed by atoms with Gasteiger partial charge in [0.2, 0.25) is 47.3 Å². The Balaban J connectivity index is 0.000000193. The highest BCUT2D eigenvalue weighted by molar-refractivity contribution is 5.98. The van der Waals surface area contributed by atoms with Crippen molar-refractivity contribution in [3.8, 4) is 0 Å². The van der Waals surface area contributed by atoms with Crippen molar-refractivity contribution in [2.45, 2.75) is 165 Å². The second kappa shape index (κ2) is 33.7. The summed E-state index contributed by atoms with van der Waals surface area (Å²) >= 11 is 0. The summed E-state index contributed by atoms with van der Waals surface area (Å²) < 4.78 is 33.6. The van der Waals surface area contributed by atoms with E-state index in [9.17, 15) is 51.9 Å². The Bertz CT molecular complexity index is 4700. The highest BCUT2D eigenvalue weighted by Crippen LogP contribution is 2.39. The number of nitrogens with zero attached hydrogens (tertiary/aromatic N) is 5. The zero-order valence-corrected chi connectivity index (χ0v) is 62.4. The fraction of sp³-hybridized carbons (Fsp3) is 0.391. The molecule has 20 nitrogen and oxygen atoms in total. The maximum atomic E-state index is 14.9. The maximum absolute atomic E-state index is 14.9. The Morgan fingerprint density at radius 2 is 0.890 bits per heavy atom. The molecule has 4 heterocycles. The molecule has 8 atom stereocenters. The highest BCUT2D eigenvalue weighted by atomic mass is 19.1. The quantitative estimate of drug-likeness (QED) is 0.0428. The van der Waals surface area contributed by atoms with Gasteiger partial charge < -0.3 is 50.9 Å². The number of hydrogen-bond acceptors (Lipinski definition) is 11.